The molecule has 0 fully saturated rings. The molecule has 0 radical (unpaired) electrons. The van der Waals surface area contributed by atoms with Crippen LogP contribution in [0.4, 0.5) is 3.89 Å². The summed E-state index contributed by atoms with van der Waals surface area (Å²) in [5.41, 5.74) is 1.35. The summed E-state index contributed by atoms with van der Waals surface area (Å²) in [6.45, 7) is 5.28. The number of fused-ring (bicyclic) bond motifs is 1. The maximum absolute atomic E-state index is 13.4. The summed E-state index contributed by atoms with van der Waals surface area (Å²) in [4.78, 5) is 4.18. The van der Waals surface area contributed by atoms with Crippen molar-refractivity contribution in [3.8, 4) is 0 Å². The second kappa shape index (κ2) is 3.80. The summed E-state index contributed by atoms with van der Waals surface area (Å²) >= 11 is 0. The number of hydrogen-bond donors (Lipinski definition) is 0. The zero-order chi connectivity index (χ0) is 12.8. The lowest BCUT2D eigenvalue weighted by Gasteiger charge is -2.04. The molecule has 0 atom stereocenters. The Balaban J connectivity index is 2.99. The molecule has 0 aliphatic heterocycles. The Kier molecular flexibility index (Phi) is 2.69. The minimum atomic E-state index is -4.78. The molecule has 6 heteroatoms. The van der Waals surface area contributed by atoms with Gasteiger partial charge in [0.1, 0.15) is 5.65 Å². The molecule has 0 aromatic carbocycles. The predicted octanol–water partition coefficient (Wildman–Crippen LogP) is 2.42. The first-order valence-electron chi connectivity index (χ1n) is 5.25. The van der Waals surface area contributed by atoms with Crippen LogP contribution in [0.15, 0.2) is 23.2 Å². The third-order valence-electron chi connectivity index (χ3n) is 2.60. The number of rotatable bonds is 2. The van der Waals surface area contributed by atoms with Gasteiger partial charge in [0.25, 0.3) is 0 Å². The molecule has 0 saturated carbocycles. The van der Waals surface area contributed by atoms with Gasteiger partial charge >= 0.3 is 10.2 Å². The third-order valence-corrected chi connectivity index (χ3v) is 3.45. The average molecular weight is 256 g/mol. The summed E-state index contributed by atoms with van der Waals surface area (Å²) in [6.07, 6.45) is 0. The zero-order valence-electron chi connectivity index (χ0n) is 9.81. The van der Waals surface area contributed by atoms with E-state index in [0.29, 0.717) is 11.3 Å². The van der Waals surface area contributed by atoms with Crippen molar-refractivity contribution in [1.82, 2.24) is 9.38 Å². The zero-order valence-corrected chi connectivity index (χ0v) is 10.6. The van der Waals surface area contributed by atoms with Crippen molar-refractivity contribution < 1.29 is 12.3 Å². The Morgan fingerprint density at radius 3 is 2.53 bits per heavy atom. The molecule has 2 aromatic heterocycles. The Bertz CT molecular complexity index is 674. The van der Waals surface area contributed by atoms with E-state index in [1.807, 2.05) is 0 Å². The topological polar surface area (TPSA) is 51.4 Å². The predicted molar refractivity (Wildman–Crippen MR) is 62.3 cm³/mol. The molecule has 0 amide bonds. The van der Waals surface area contributed by atoms with E-state index in [4.69, 9.17) is 0 Å². The maximum Gasteiger partial charge on any atom is 0.350 e. The lowest BCUT2D eigenvalue weighted by molar-refractivity contribution is 0.542. The highest BCUT2D eigenvalue weighted by molar-refractivity contribution is 7.86. The van der Waals surface area contributed by atoms with Gasteiger partial charge in [-0.05, 0) is 25.0 Å². The number of aryl methyl sites for hydroxylation is 1. The van der Waals surface area contributed by atoms with E-state index in [9.17, 15) is 12.3 Å². The van der Waals surface area contributed by atoms with E-state index in [1.165, 1.54) is 4.40 Å². The van der Waals surface area contributed by atoms with Crippen LogP contribution >= 0.6 is 0 Å². The number of pyridine rings is 1. The first kappa shape index (κ1) is 12.0. The minimum Gasteiger partial charge on any atom is -0.285 e. The van der Waals surface area contributed by atoms with Crippen LogP contribution in [0.25, 0.3) is 5.65 Å². The molecule has 0 aliphatic carbocycles. The van der Waals surface area contributed by atoms with E-state index in [-0.39, 0.29) is 16.6 Å². The first-order chi connectivity index (χ1) is 7.82. The van der Waals surface area contributed by atoms with Crippen molar-refractivity contribution in [2.45, 2.75) is 31.7 Å². The lowest BCUT2D eigenvalue weighted by atomic mass is 10.2. The van der Waals surface area contributed by atoms with Crippen molar-refractivity contribution in [3.63, 3.8) is 0 Å². The Morgan fingerprint density at radius 2 is 2.00 bits per heavy atom. The van der Waals surface area contributed by atoms with Crippen LogP contribution in [0, 0.1) is 6.92 Å². The van der Waals surface area contributed by atoms with Crippen molar-refractivity contribution in [3.05, 3.63) is 29.6 Å². The van der Waals surface area contributed by atoms with Gasteiger partial charge in [0.05, 0.1) is 5.69 Å². The molecular formula is C11H13FN2O2S. The molecule has 92 valence electrons. The highest BCUT2D eigenvalue weighted by Crippen LogP contribution is 2.27. The smallest absolute Gasteiger partial charge is 0.285 e. The lowest BCUT2D eigenvalue weighted by Crippen LogP contribution is -2.04. The quantitative estimate of drug-likeness (QED) is 0.775. The van der Waals surface area contributed by atoms with Crippen LogP contribution in [0.1, 0.15) is 31.2 Å². The van der Waals surface area contributed by atoms with Crippen LogP contribution in [0.5, 0.6) is 0 Å². The van der Waals surface area contributed by atoms with Gasteiger partial charge in [-0.25, -0.2) is 4.98 Å². The molecule has 2 aromatic rings. The average Bonchev–Trinajstić information content (AvgIpc) is 2.57. The fourth-order valence-electron chi connectivity index (χ4n) is 1.85. The molecule has 0 N–H and O–H groups in total. The summed E-state index contributed by atoms with van der Waals surface area (Å²) in [5.74, 6) is -0.158. The molecule has 0 bridgehead atoms. The molecule has 2 heterocycles. The second-order valence-electron chi connectivity index (χ2n) is 4.26. The Morgan fingerprint density at radius 1 is 1.35 bits per heavy atom. The second-order valence-corrected chi connectivity index (χ2v) is 5.52. The molecule has 0 unspecified atom stereocenters. The minimum absolute atomic E-state index is 0.158. The molecule has 17 heavy (non-hydrogen) atoms. The van der Waals surface area contributed by atoms with Crippen LogP contribution in [0.3, 0.4) is 0 Å². The van der Waals surface area contributed by atoms with Gasteiger partial charge in [0, 0.05) is 5.69 Å². The number of imidazole rings is 1. The summed E-state index contributed by atoms with van der Waals surface area (Å²) in [7, 11) is -4.78. The number of hydrogen-bond acceptors (Lipinski definition) is 3. The monoisotopic (exact) mass is 256 g/mol. The van der Waals surface area contributed by atoms with E-state index >= 15 is 0 Å². The largest absolute Gasteiger partial charge is 0.350 e. The van der Waals surface area contributed by atoms with E-state index in [0.717, 1.165) is 0 Å². The fraction of sp³-hybridized carbons (Fsp3) is 0.364. The van der Waals surface area contributed by atoms with Gasteiger partial charge in [-0.3, -0.25) is 4.40 Å². The van der Waals surface area contributed by atoms with Gasteiger partial charge in [0.15, 0.2) is 5.03 Å². The van der Waals surface area contributed by atoms with Gasteiger partial charge in [-0.2, -0.15) is 8.42 Å². The number of halogens is 1. The van der Waals surface area contributed by atoms with Crippen molar-refractivity contribution in [2.75, 3.05) is 0 Å². The molecule has 0 spiro atoms. The van der Waals surface area contributed by atoms with E-state index in [1.54, 1.807) is 39.0 Å². The molecule has 2 rings (SSSR count). The number of aromatic nitrogens is 2. The molecule has 0 saturated heterocycles. The SMILES string of the molecule is Cc1cccc2nc(C(C)C)c(S(=O)(=O)F)n12. The van der Waals surface area contributed by atoms with Crippen molar-refractivity contribution in [1.29, 1.82) is 0 Å². The highest BCUT2D eigenvalue weighted by atomic mass is 32.3. The summed E-state index contributed by atoms with van der Waals surface area (Å²) in [6, 6.07) is 5.14. The highest BCUT2D eigenvalue weighted by Gasteiger charge is 2.26. The first-order valence-corrected chi connectivity index (χ1v) is 6.63. The Labute approximate surface area is 99.3 Å². The molecule has 0 aliphatic rings. The van der Waals surface area contributed by atoms with Gasteiger partial charge in [0.2, 0.25) is 0 Å². The van der Waals surface area contributed by atoms with Crippen LogP contribution in [-0.4, -0.2) is 17.8 Å². The van der Waals surface area contributed by atoms with E-state index in [2.05, 4.69) is 4.98 Å². The normalized spacial score (nSPS) is 12.5. The van der Waals surface area contributed by atoms with Gasteiger partial charge in [-0.1, -0.05) is 23.8 Å². The number of nitrogens with zero attached hydrogens (tertiary/aromatic N) is 2. The molecular weight excluding hydrogens is 243 g/mol. The van der Waals surface area contributed by atoms with Crippen LogP contribution < -0.4 is 0 Å². The van der Waals surface area contributed by atoms with Gasteiger partial charge in [-0.15, -0.1) is 0 Å². The standard InChI is InChI=1S/C11H13FN2O2S/c1-7(2)10-11(17(12,15)16)14-8(3)5-4-6-9(14)13-10/h4-7H,1-3H3. The van der Waals surface area contributed by atoms with Gasteiger partial charge < -0.3 is 0 Å². The summed E-state index contributed by atoms with van der Waals surface area (Å²) in [5, 5.41) is -0.347. The molecule has 4 nitrogen and oxygen atoms in total. The summed E-state index contributed by atoms with van der Waals surface area (Å²) < 4.78 is 37.3. The van der Waals surface area contributed by atoms with E-state index < -0.39 is 10.2 Å². The van der Waals surface area contributed by atoms with Crippen molar-refractivity contribution >= 4 is 15.9 Å². The van der Waals surface area contributed by atoms with Crippen LogP contribution in [-0.2, 0) is 10.2 Å². The van der Waals surface area contributed by atoms with Crippen molar-refractivity contribution in [2.24, 2.45) is 0 Å². The Hall–Kier alpha value is -1.43. The van der Waals surface area contributed by atoms with Crippen LogP contribution in [0.2, 0.25) is 0 Å². The third kappa shape index (κ3) is 1.93. The maximum atomic E-state index is 13.4. The fourth-order valence-corrected chi connectivity index (χ4v) is 2.84.